The van der Waals surface area contributed by atoms with Crippen LogP contribution in [0.3, 0.4) is 0 Å². The highest BCUT2D eigenvalue weighted by Gasteiger charge is 2.12. The van der Waals surface area contributed by atoms with Crippen LogP contribution in [0.4, 0.5) is 0 Å². The lowest BCUT2D eigenvalue weighted by Crippen LogP contribution is -2.32. The molecule has 16 heavy (non-hydrogen) atoms. The Bertz CT molecular complexity index is 309. The number of hydrogen-bond donors (Lipinski definition) is 2. The predicted molar refractivity (Wildman–Crippen MR) is 65.2 cm³/mol. The Morgan fingerprint density at radius 1 is 1.44 bits per heavy atom. The first-order valence-electron chi connectivity index (χ1n) is 5.98. The highest BCUT2D eigenvalue weighted by molar-refractivity contribution is 5.09. The normalized spacial score (nSPS) is 15.4. The number of rotatable bonds is 6. The zero-order valence-electron chi connectivity index (χ0n) is 10.6. The van der Waals surface area contributed by atoms with Crippen LogP contribution < -0.4 is 5.32 Å². The van der Waals surface area contributed by atoms with Crippen LogP contribution in [-0.4, -0.2) is 27.5 Å². The van der Waals surface area contributed by atoms with Gasteiger partial charge in [0.1, 0.15) is 0 Å². The standard InChI is InChI=1S/C12H23N3O/c1-5-15-8-11(6-14-15)10(4)13-7-12(16)9(2)3/h6,8-10,12-13,16H,5,7H2,1-4H3. The Balaban J connectivity index is 2.43. The third-order valence-corrected chi connectivity index (χ3v) is 2.88. The first-order chi connectivity index (χ1) is 7.54. The summed E-state index contributed by atoms with van der Waals surface area (Å²) >= 11 is 0. The molecule has 2 atom stereocenters. The highest BCUT2D eigenvalue weighted by atomic mass is 16.3. The van der Waals surface area contributed by atoms with Gasteiger partial charge in [-0.3, -0.25) is 4.68 Å². The molecule has 0 aliphatic carbocycles. The minimum atomic E-state index is -0.288. The molecule has 0 amide bonds. The fraction of sp³-hybridized carbons (Fsp3) is 0.750. The molecule has 0 fully saturated rings. The molecule has 4 nitrogen and oxygen atoms in total. The summed E-state index contributed by atoms with van der Waals surface area (Å²) in [6.07, 6.45) is 3.63. The average molecular weight is 225 g/mol. The van der Waals surface area contributed by atoms with E-state index in [2.05, 4.69) is 24.3 Å². The number of aromatic nitrogens is 2. The Morgan fingerprint density at radius 3 is 2.62 bits per heavy atom. The van der Waals surface area contributed by atoms with Gasteiger partial charge >= 0.3 is 0 Å². The van der Waals surface area contributed by atoms with Crippen LogP contribution in [0.5, 0.6) is 0 Å². The minimum absolute atomic E-state index is 0.230. The summed E-state index contributed by atoms with van der Waals surface area (Å²) in [5.74, 6) is 0.290. The molecule has 1 aromatic rings. The van der Waals surface area contributed by atoms with Crippen LogP contribution in [-0.2, 0) is 6.54 Å². The van der Waals surface area contributed by atoms with Crippen molar-refractivity contribution in [2.45, 2.75) is 46.4 Å². The van der Waals surface area contributed by atoms with Gasteiger partial charge in [0.25, 0.3) is 0 Å². The average Bonchev–Trinajstić information content (AvgIpc) is 2.73. The van der Waals surface area contributed by atoms with E-state index in [1.165, 1.54) is 0 Å². The van der Waals surface area contributed by atoms with Gasteiger partial charge in [-0.25, -0.2) is 0 Å². The molecule has 0 bridgehead atoms. The third kappa shape index (κ3) is 3.61. The van der Waals surface area contributed by atoms with Gasteiger partial charge in [0.05, 0.1) is 12.3 Å². The number of aliphatic hydroxyl groups is 1. The number of aliphatic hydroxyl groups excluding tert-OH is 1. The lowest BCUT2D eigenvalue weighted by Gasteiger charge is -2.18. The van der Waals surface area contributed by atoms with E-state index < -0.39 is 0 Å². The van der Waals surface area contributed by atoms with Gasteiger partial charge in [0.15, 0.2) is 0 Å². The zero-order valence-corrected chi connectivity index (χ0v) is 10.6. The van der Waals surface area contributed by atoms with E-state index in [4.69, 9.17) is 0 Å². The fourth-order valence-corrected chi connectivity index (χ4v) is 1.43. The largest absolute Gasteiger partial charge is 0.392 e. The van der Waals surface area contributed by atoms with Gasteiger partial charge in [-0.15, -0.1) is 0 Å². The van der Waals surface area contributed by atoms with Crippen molar-refractivity contribution in [2.24, 2.45) is 5.92 Å². The van der Waals surface area contributed by atoms with Crippen LogP contribution >= 0.6 is 0 Å². The molecule has 4 heteroatoms. The van der Waals surface area contributed by atoms with E-state index in [0.29, 0.717) is 6.54 Å². The molecular weight excluding hydrogens is 202 g/mol. The molecule has 92 valence electrons. The second-order valence-electron chi connectivity index (χ2n) is 4.57. The summed E-state index contributed by atoms with van der Waals surface area (Å²) in [6, 6.07) is 0.230. The molecule has 0 aliphatic heterocycles. The number of nitrogens with zero attached hydrogens (tertiary/aromatic N) is 2. The Hall–Kier alpha value is -0.870. The monoisotopic (exact) mass is 225 g/mol. The van der Waals surface area contributed by atoms with Crippen molar-refractivity contribution in [3.05, 3.63) is 18.0 Å². The second kappa shape index (κ2) is 6.01. The second-order valence-corrected chi connectivity index (χ2v) is 4.57. The van der Waals surface area contributed by atoms with Crippen LogP contribution in [0.25, 0.3) is 0 Å². The Labute approximate surface area is 97.7 Å². The summed E-state index contributed by atoms with van der Waals surface area (Å²) in [4.78, 5) is 0. The third-order valence-electron chi connectivity index (χ3n) is 2.88. The van der Waals surface area contributed by atoms with Crippen molar-refractivity contribution in [1.82, 2.24) is 15.1 Å². The van der Waals surface area contributed by atoms with Crippen molar-refractivity contribution in [3.8, 4) is 0 Å². The van der Waals surface area contributed by atoms with Crippen LogP contribution in [0.2, 0.25) is 0 Å². The zero-order chi connectivity index (χ0) is 12.1. The topological polar surface area (TPSA) is 50.1 Å². The first kappa shape index (κ1) is 13.2. The van der Waals surface area contributed by atoms with E-state index in [9.17, 15) is 5.11 Å². The molecule has 0 saturated heterocycles. The number of nitrogens with one attached hydrogen (secondary N) is 1. The molecule has 2 N–H and O–H groups in total. The maximum absolute atomic E-state index is 9.69. The molecule has 2 unspecified atom stereocenters. The predicted octanol–water partition coefficient (Wildman–Crippen LogP) is 1.57. The van der Waals surface area contributed by atoms with Crippen molar-refractivity contribution >= 4 is 0 Å². The molecule has 0 radical (unpaired) electrons. The maximum atomic E-state index is 9.69. The molecule has 0 aliphatic rings. The molecule has 0 saturated carbocycles. The van der Waals surface area contributed by atoms with E-state index in [-0.39, 0.29) is 18.1 Å². The van der Waals surface area contributed by atoms with Gasteiger partial charge in [0, 0.05) is 30.9 Å². The quantitative estimate of drug-likeness (QED) is 0.772. The minimum Gasteiger partial charge on any atom is -0.392 e. The summed E-state index contributed by atoms with van der Waals surface area (Å²) in [7, 11) is 0. The van der Waals surface area contributed by atoms with Gasteiger partial charge in [-0.2, -0.15) is 5.10 Å². The van der Waals surface area contributed by atoms with E-state index in [0.717, 1.165) is 12.1 Å². The summed E-state index contributed by atoms with van der Waals surface area (Å²) < 4.78 is 1.91. The molecule has 1 aromatic heterocycles. The van der Waals surface area contributed by atoms with Gasteiger partial charge in [0.2, 0.25) is 0 Å². The molecular formula is C12H23N3O. The Kier molecular flexibility index (Phi) is 4.96. The summed E-state index contributed by atoms with van der Waals surface area (Å²) in [5.41, 5.74) is 1.16. The number of aryl methyl sites for hydroxylation is 1. The van der Waals surface area contributed by atoms with Crippen LogP contribution in [0.15, 0.2) is 12.4 Å². The van der Waals surface area contributed by atoms with Gasteiger partial charge in [-0.1, -0.05) is 13.8 Å². The molecule has 1 rings (SSSR count). The van der Waals surface area contributed by atoms with Crippen LogP contribution in [0.1, 0.15) is 39.3 Å². The number of hydrogen-bond acceptors (Lipinski definition) is 3. The summed E-state index contributed by atoms with van der Waals surface area (Å²) in [6.45, 7) is 9.71. The van der Waals surface area contributed by atoms with Gasteiger partial charge in [-0.05, 0) is 19.8 Å². The van der Waals surface area contributed by atoms with E-state index in [1.807, 2.05) is 30.9 Å². The van der Waals surface area contributed by atoms with Crippen molar-refractivity contribution < 1.29 is 5.11 Å². The SMILES string of the molecule is CCn1cc(C(C)NCC(O)C(C)C)cn1. The fourth-order valence-electron chi connectivity index (χ4n) is 1.43. The van der Waals surface area contributed by atoms with E-state index >= 15 is 0 Å². The summed E-state index contributed by atoms with van der Waals surface area (Å²) in [5, 5.41) is 17.2. The first-order valence-corrected chi connectivity index (χ1v) is 5.98. The molecule has 0 aromatic carbocycles. The highest BCUT2D eigenvalue weighted by Crippen LogP contribution is 2.11. The van der Waals surface area contributed by atoms with Gasteiger partial charge < -0.3 is 10.4 Å². The van der Waals surface area contributed by atoms with E-state index in [1.54, 1.807) is 0 Å². The smallest absolute Gasteiger partial charge is 0.0687 e. The molecule has 0 spiro atoms. The Morgan fingerprint density at radius 2 is 2.12 bits per heavy atom. The lowest BCUT2D eigenvalue weighted by atomic mass is 10.1. The van der Waals surface area contributed by atoms with Crippen molar-refractivity contribution in [2.75, 3.05) is 6.54 Å². The maximum Gasteiger partial charge on any atom is 0.0687 e. The van der Waals surface area contributed by atoms with Crippen molar-refractivity contribution in [1.29, 1.82) is 0 Å². The van der Waals surface area contributed by atoms with Crippen molar-refractivity contribution in [3.63, 3.8) is 0 Å². The lowest BCUT2D eigenvalue weighted by molar-refractivity contribution is 0.120. The van der Waals surface area contributed by atoms with Crippen LogP contribution in [0, 0.1) is 5.92 Å². The molecule has 1 heterocycles.